The Morgan fingerprint density at radius 3 is 3.11 bits per heavy atom. The highest BCUT2D eigenvalue weighted by molar-refractivity contribution is 7.06. The molecule has 9 heavy (non-hydrogen) atoms. The van der Waals surface area contributed by atoms with Gasteiger partial charge < -0.3 is 5.32 Å². The lowest BCUT2D eigenvalue weighted by Crippen LogP contribution is -2.03. The van der Waals surface area contributed by atoms with Crippen LogP contribution in [0.1, 0.15) is 4.88 Å². The highest BCUT2D eigenvalue weighted by atomic mass is 35.5. The number of nitrogens with zero attached hydrogens (tertiary/aromatic N) is 1. The summed E-state index contributed by atoms with van der Waals surface area (Å²) in [5.41, 5.74) is 0. The number of rotatable bonds is 2. The zero-order chi connectivity index (χ0) is 6.69. The molecule has 0 atom stereocenters. The summed E-state index contributed by atoms with van der Waals surface area (Å²) in [6.45, 7) is 0.809. The van der Waals surface area contributed by atoms with Gasteiger partial charge >= 0.3 is 0 Å². The first-order valence-electron chi connectivity index (χ1n) is 2.58. The summed E-state index contributed by atoms with van der Waals surface area (Å²) in [6, 6.07) is 0. The fourth-order valence-corrected chi connectivity index (χ4v) is 1.44. The van der Waals surface area contributed by atoms with E-state index in [4.69, 9.17) is 11.6 Å². The minimum absolute atomic E-state index is 0.759. The van der Waals surface area contributed by atoms with E-state index in [1.165, 1.54) is 11.5 Å². The first-order chi connectivity index (χ1) is 4.34. The van der Waals surface area contributed by atoms with Gasteiger partial charge in [0.15, 0.2) is 0 Å². The number of hydrogen-bond acceptors (Lipinski definition) is 3. The molecule has 4 heteroatoms. The molecule has 0 aliphatic rings. The molecule has 1 heterocycles. The van der Waals surface area contributed by atoms with Gasteiger partial charge in [-0.15, -0.1) is 0 Å². The monoisotopic (exact) mass is 162 g/mol. The van der Waals surface area contributed by atoms with Crippen LogP contribution in [0.2, 0.25) is 5.02 Å². The number of halogens is 1. The summed E-state index contributed by atoms with van der Waals surface area (Å²) in [7, 11) is 1.88. The molecule has 0 saturated carbocycles. The standard InChI is InChI=1S/C5H7ClN2S/c1-7-3-5-4(6)2-8-9-5/h2,7H,3H2,1H3. The summed E-state index contributed by atoms with van der Waals surface area (Å²) in [5, 5.41) is 3.76. The van der Waals surface area contributed by atoms with Crippen molar-refractivity contribution in [2.45, 2.75) is 6.54 Å². The summed E-state index contributed by atoms with van der Waals surface area (Å²) in [4.78, 5) is 1.10. The van der Waals surface area contributed by atoms with Gasteiger partial charge in [-0.25, -0.2) is 0 Å². The van der Waals surface area contributed by atoms with Crippen molar-refractivity contribution < 1.29 is 0 Å². The molecular weight excluding hydrogens is 156 g/mol. The molecule has 0 aromatic carbocycles. The van der Waals surface area contributed by atoms with E-state index in [1.807, 2.05) is 7.05 Å². The maximum absolute atomic E-state index is 5.73. The Morgan fingerprint density at radius 2 is 2.67 bits per heavy atom. The summed E-state index contributed by atoms with van der Waals surface area (Å²) < 4.78 is 3.91. The van der Waals surface area contributed by atoms with Crippen LogP contribution in [0, 0.1) is 0 Å². The van der Waals surface area contributed by atoms with E-state index in [2.05, 4.69) is 9.69 Å². The predicted molar refractivity (Wildman–Crippen MR) is 39.9 cm³/mol. The zero-order valence-corrected chi connectivity index (χ0v) is 6.59. The average molecular weight is 163 g/mol. The summed E-state index contributed by atoms with van der Waals surface area (Å²) in [5.74, 6) is 0. The largest absolute Gasteiger partial charge is 0.315 e. The van der Waals surface area contributed by atoms with Crippen LogP contribution in [0.25, 0.3) is 0 Å². The van der Waals surface area contributed by atoms with Crippen LogP contribution in [0.15, 0.2) is 6.20 Å². The normalized spacial score (nSPS) is 10.0. The van der Waals surface area contributed by atoms with Crippen molar-refractivity contribution in [3.63, 3.8) is 0 Å². The number of aromatic nitrogens is 1. The van der Waals surface area contributed by atoms with Crippen LogP contribution in [-0.4, -0.2) is 11.4 Å². The van der Waals surface area contributed by atoms with E-state index in [-0.39, 0.29) is 0 Å². The van der Waals surface area contributed by atoms with Gasteiger partial charge in [-0.2, -0.15) is 4.37 Å². The molecule has 0 radical (unpaired) electrons. The van der Waals surface area contributed by atoms with Crippen LogP contribution in [0.4, 0.5) is 0 Å². The molecule has 1 aromatic rings. The summed E-state index contributed by atoms with van der Waals surface area (Å²) in [6.07, 6.45) is 1.67. The van der Waals surface area contributed by atoms with Crippen molar-refractivity contribution in [2.24, 2.45) is 0 Å². The van der Waals surface area contributed by atoms with Gasteiger partial charge in [-0.05, 0) is 18.6 Å². The molecule has 50 valence electrons. The number of nitrogens with one attached hydrogen (secondary N) is 1. The molecular formula is C5H7ClN2S. The van der Waals surface area contributed by atoms with E-state index in [0.717, 1.165) is 16.4 Å². The Bertz CT molecular complexity index is 187. The highest BCUT2D eigenvalue weighted by Gasteiger charge is 1.99. The van der Waals surface area contributed by atoms with Gasteiger partial charge in [0.2, 0.25) is 0 Å². The minimum atomic E-state index is 0.759. The highest BCUT2D eigenvalue weighted by Crippen LogP contribution is 2.17. The van der Waals surface area contributed by atoms with Gasteiger partial charge in [0.05, 0.1) is 16.1 Å². The Balaban J connectivity index is 2.69. The molecule has 0 bridgehead atoms. The average Bonchev–Trinajstić information content (AvgIpc) is 2.18. The molecule has 1 N–H and O–H groups in total. The van der Waals surface area contributed by atoms with Gasteiger partial charge in [0, 0.05) is 6.54 Å². The second-order valence-corrected chi connectivity index (χ2v) is 2.92. The lowest BCUT2D eigenvalue weighted by atomic mass is 10.5. The Hall–Kier alpha value is -0.120. The fourth-order valence-electron chi connectivity index (χ4n) is 0.529. The molecule has 0 saturated heterocycles. The van der Waals surface area contributed by atoms with E-state index >= 15 is 0 Å². The molecule has 0 fully saturated rings. The van der Waals surface area contributed by atoms with Crippen molar-refractivity contribution in [1.29, 1.82) is 0 Å². The fraction of sp³-hybridized carbons (Fsp3) is 0.400. The van der Waals surface area contributed by atoms with E-state index in [1.54, 1.807) is 6.20 Å². The third kappa shape index (κ3) is 1.64. The van der Waals surface area contributed by atoms with Crippen molar-refractivity contribution in [2.75, 3.05) is 7.05 Å². The van der Waals surface area contributed by atoms with Gasteiger partial charge in [-0.1, -0.05) is 11.6 Å². The van der Waals surface area contributed by atoms with Gasteiger partial charge in [-0.3, -0.25) is 0 Å². The Kier molecular flexibility index (Phi) is 2.45. The quantitative estimate of drug-likeness (QED) is 0.714. The zero-order valence-electron chi connectivity index (χ0n) is 5.02. The molecule has 0 aliphatic heterocycles. The third-order valence-corrected chi connectivity index (χ3v) is 2.17. The molecule has 1 rings (SSSR count). The smallest absolute Gasteiger partial charge is 0.0758 e. The number of hydrogen-bond donors (Lipinski definition) is 1. The van der Waals surface area contributed by atoms with E-state index < -0.39 is 0 Å². The maximum Gasteiger partial charge on any atom is 0.0758 e. The minimum Gasteiger partial charge on any atom is -0.315 e. The molecule has 1 aromatic heterocycles. The lowest BCUT2D eigenvalue weighted by molar-refractivity contribution is 0.831. The van der Waals surface area contributed by atoms with E-state index in [0.29, 0.717) is 0 Å². The van der Waals surface area contributed by atoms with Crippen LogP contribution in [-0.2, 0) is 6.54 Å². The maximum atomic E-state index is 5.73. The Labute approximate surface area is 63.0 Å². The summed E-state index contributed by atoms with van der Waals surface area (Å²) >= 11 is 7.16. The van der Waals surface area contributed by atoms with Crippen molar-refractivity contribution in [3.05, 3.63) is 16.1 Å². The molecule has 2 nitrogen and oxygen atoms in total. The van der Waals surface area contributed by atoms with Crippen LogP contribution >= 0.6 is 23.1 Å². The van der Waals surface area contributed by atoms with Crippen LogP contribution in [0.5, 0.6) is 0 Å². The predicted octanol–water partition coefficient (Wildman–Crippen LogP) is 1.52. The molecule has 0 unspecified atom stereocenters. The first-order valence-corrected chi connectivity index (χ1v) is 3.73. The van der Waals surface area contributed by atoms with Crippen molar-refractivity contribution in [1.82, 2.24) is 9.69 Å². The molecule has 0 aliphatic carbocycles. The van der Waals surface area contributed by atoms with Crippen LogP contribution in [0.3, 0.4) is 0 Å². The second-order valence-electron chi connectivity index (χ2n) is 1.63. The van der Waals surface area contributed by atoms with Gasteiger partial charge in [0.1, 0.15) is 0 Å². The third-order valence-electron chi connectivity index (χ3n) is 0.933. The molecule has 0 spiro atoms. The second kappa shape index (κ2) is 3.15. The first kappa shape index (κ1) is 6.99. The van der Waals surface area contributed by atoms with Crippen molar-refractivity contribution >= 4 is 23.1 Å². The SMILES string of the molecule is CNCc1sncc1Cl. The van der Waals surface area contributed by atoms with Crippen LogP contribution < -0.4 is 5.32 Å². The molecule has 0 amide bonds. The van der Waals surface area contributed by atoms with Crippen molar-refractivity contribution in [3.8, 4) is 0 Å². The van der Waals surface area contributed by atoms with Gasteiger partial charge in [0.25, 0.3) is 0 Å². The van der Waals surface area contributed by atoms with E-state index in [9.17, 15) is 0 Å². The Morgan fingerprint density at radius 1 is 1.89 bits per heavy atom. The topological polar surface area (TPSA) is 24.9 Å². The lowest BCUT2D eigenvalue weighted by Gasteiger charge is -1.91.